The molecule has 0 aromatic heterocycles. The first kappa shape index (κ1) is 17.3. The van der Waals surface area contributed by atoms with E-state index in [-0.39, 0.29) is 29.5 Å². The summed E-state index contributed by atoms with van der Waals surface area (Å²) in [6, 6.07) is 3.76. The van der Waals surface area contributed by atoms with E-state index in [1.165, 1.54) is 12.1 Å². The molecule has 0 aliphatic heterocycles. The van der Waals surface area contributed by atoms with Crippen LogP contribution in [0.15, 0.2) is 18.2 Å². The molecule has 0 fully saturated rings. The van der Waals surface area contributed by atoms with Gasteiger partial charge in [-0.15, -0.1) is 0 Å². The standard InChI is InChI=1S/C13H14Cl2N2O4/c1-7(5-12(19)20)4-11(18)17-13(21)16-10-6-8(14)2-3-9(10)15/h2-3,6-7H,4-5H2,1H3,(H,19,20)(H2,16,17,18,21). The van der Waals surface area contributed by atoms with Gasteiger partial charge in [-0.05, 0) is 24.1 Å². The molecular weight excluding hydrogens is 319 g/mol. The van der Waals surface area contributed by atoms with E-state index in [9.17, 15) is 14.4 Å². The quantitative estimate of drug-likeness (QED) is 0.771. The second kappa shape index (κ2) is 7.85. The lowest BCUT2D eigenvalue weighted by Gasteiger charge is -2.10. The predicted octanol–water partition coefficient (Wildman–Crippen LogP) is 3.14. The highest BCUT2D eigenvalue weighted by Gasteiger charge is 2.15. The molecule has 0 radical (unpaired) electrons. The van der Waals surface area contributed by atoms with Gasteiger partial charge in [0, 0.05) is 17.9 Å². The van der Waals surface area contributed by atoms with Gasteiger partial charge in [0.05, 0.1) is 10.7 Å². The average molecular weight is 333 g/mol. The number of carboxylic acid groups (broad SMARTS) is 1. The molecule has 1 unspecified atom stereocenters. The number of rotatable bonds is 5. The Labute approximate surface area is 131 Å². The number of hydrogen-bond acceptors (Lipinski definition) is 3. The molecule has 0 aliphatic carbocycles. The molecule has 8 heteroatoms. The van der Waals surface area contributed by atoms with E-state index in [0.717, 1.165) is 0 Å². The number of carbonyl (C=O) groups excluding carboxylic acids is 2. The lowest BCUT2D eigenvalue weighted by Crippen LogP contribution is -2.35. The van der Waals surface area contributed by atoms with Crippen LogP contribution in [0.25, 0.3) is 0 Å². The molecule has 0 saturated carbocycles. The van der Waals surface area contributed by atoms with Crippen LogP contribution in [0, 0.1) is 5.92 Å². The summed E-state index contributed by atoms with van der Waals surface area (Å²) in [5.41, 5.74) is 0.271. The van der Waals surface area contributed by atoms with Crippen molar-refractivity contribution >= 4 is 46.8 Å². The van der Waals surface area contributed by atoms with Crippen molar-refractivity contribution in [3.63, 3.8) is 0 Å². The van der Waals surface area contributed by atoms with Crippen molar-refractivity contribution < 1.29 is 19.5 Å². The maximum Gasteiger partial charge on any atom is 0.325 e. The van der Waals surface area contributed by atoms with Crippen LogP contribution in [0.4, 0.5) is 10.5 Å². The second-order valence-electron chi connectivity index (χ2n) is 4.53. The van der Waals surface area contributed by atoms with E-state index in [1.807, 2.05) is 0 Å². The van der Waals surface area contributed by atoms with Gasteiger partial charge in [0.1, 0.15) is 0 Å². The van der Waals surface area contributed by atoms with Crippen LogP contribution in [0.2, 0.25) is 10.0 Å². The van der Waals surface area contributed by atoms with Crippen molar-refractivity contribution in [2.45, 2.75) is 19.8 Å². The number of nitrogens with one attached hydrogen (secondary N) is 2. The molecule has 3 amide bonds. The van der Waals surface area contributed by atoms with Crippen LogP contribution in [0.3, 0.4) is 0 Å². The second-order valence-corrected chi connectivity index (χ2v) is 5.38. The highest BCUT2D eigenvalue weighted by Crippen LogP contribution is 2.25. The summed E-state index contributed by atoms with van der Waals surface area (Å²) in [4.78, 5) is 33.7. The molecule has 1 aromatic rings. The smallest absolute Gasteiger partial charge is 0.325 e. The van der Waals surface area contributed by atoms with Gasteiger partial charge in [-0.25, -0.2) is 4.79 Å². The van der Waals surface area contributed by atoms with Crippen LogP contribution in [0.5, 0.6) is 0 Å². The third-order valence-corrected chi connectivity index (χ3v) is 3.05. The number of imide groups is 1. The summed E-state index contributed by atoms with van der Waals surface area (Å²) in [7, 11) is 0. The number of hydrogen-bond donors (Lipinski definition) is 3. The molecule has 1 atom stereocenters. The Kier molecular flexibility index (Phi) is 6.45. The topological polar surface area (TPSA) is 95.5 Å². The number of benzene rings is 1. The average Bonchev–Trinajstić information content (AvgIpc) is 2.32. The van der Waals surface area contributed by atoms with Crippen molar-refractivity contribution in [3.8, 4) is 0 Å². The molecule has 0 spiro atoms. The molecule has 114 valence electrons. The highest BCUT2D eigenvalue weighted by atomic mass is 35.5. The zero-order valence-electron chi connectivity index (χ0n) is 11.2. The molecule has 0 heterocycles. The van der Waals surface area contributed by atoms with E-state index >= 15 is 0 Å². The molecule has 3 N–H and O–H groups in total. The maximum atomic E-state index is 11.6. The van der Waals surface area contributed by atoms with Crippen LogP contribution in [-0.4, -0.2) is 23.0 Å². The monoisotopic (exact) mass is 332 g/mol. The lowest BCUT2D eigenvalue weighted by atomic mass is 10.0. The molecule has 1 rings (SSSR count). The van der Waals surface area contributed by atoms with Crippen LogP contribution in [-0.2, 0) is 9.59 Å². The number of carboxylic acids is 1. The number of anilines is 1. The molecule has 1 aromatic carbocycles. The zero-order chi connectivity index (χ0) is 16.0. The van der Waals surface area contributed by atoms with Gasteiger partial charge in [-0.3, -0.25) is 14.9 Å². The van der Waals surface area contributed by atoms with Crippen molar-refractivity contribution in [1.29, 1.82) is 0 Å². The van der Waals surface area contributed by atoms with Gasteiger partial charge >= 0.3 is 12.0 Å². The number of urea groups is 1. The molecule has 0 saturated heterocycles. The summed E-state index contributed by atoms with van der Waals surface area (Å²) in [5.74, 6) is -1.94. The minimum absolute atomic E-state index is 0.0665. The molecular formula is C13H14Cl2N2O4. The summed E-state index contributed by atoms with van der Waals surface area (Å²) in [6.45, 7) is 1.61. The summed E-state index contributed by atoms with van der Waals surface area (Å²) in [6.07, 6.45) is -0.210. The first-order chi connectivity index (χ1) is 9.77. The lowest BCUT2D eigenvalue weighted by molar-refractivity contribution is -0.138. The third-order valence-electron chi connectivity index (χ3n) is 2.49. The summed E-state index contributed by atoms with van der Waals surface area (Å²) >= 11 is 11.6. The predicted molar refractivity (Wildman–Crippen MR) is 79.7 cm³/mol. The fourth-order valence-electron chi connectivity index (χ4n) is 1.61. The van der Waals surface area contributed by atoms with Gasteiger partial charge in [-0.1, -0.05) is 30.1 Å². The Bertz CT molecular complexity index is 563. The van der Waals surface area contributed by atoms with E-state index in [0.29, 0.717) is 5.02 Å². The van der Waals surface area contributed by atoms with Crippen molar-refractivity contribution in [1.82, 2.24) is 5.32 Å². The Morgan fingerprint density at radius 1 is 1.24 bits per heavy atom. The summed E-state index contributed by atoms with van der Waals surface area (Å²) in [5, 5.41) is 13.7. The van der Waals surface area contributed by atoms with Gasteiger partial charge in [0.2, 0.25) is 5.91 Å². The first-order valence-corrected chi connectivity index (χ1v) is 6.81. The number of amides is 3. The van der Waals surface area contributed by atoms with Gasteiger partial charge in [0.15, 0.2) is 0 Å². The van der Waals surface area contributed by atoms with Gasteiger partial charge in [0.25, 0.3) is 0 Å². The Morgan fingerprint density at radius 3 is 2.52 bits per heavy atom. The van der Waals surface area contributed by atoms with Crippen LogP contribution >= 0.6 is 23.2 Å². The van der Waals surface area contributed by atoms with E-state index < -0.39 is 17.9 Å². The molecule has 6 nitrogen and oxygen atoms in total. The Hall–Kier alpha value is -1.79. The SMILES string of the molecule is CC(CC(=O)O)CC(=O)NC(=O)Nc1cc(Cl)ccc1Cl. The molecule has 21 heavy (non-hydrogen) atoms. The van der Waals surface area contributed by atoms with Crippen molar-refractivity contribution in [2.75, 3.05) is 5.32 Å². The third kappa shape index (κ3) is 6.46. The van der Waals surface area contributed by atoms with Crippen molar-refractivity contribution in [3.05, 3.63) is 28.2 Å². The van der Waals surface area contributed by atoms with Crippen LogP contribution in [0.1, 0.15) is 19.8 Å². The van der Waals surface area contributed by atoms with Gasteiger partial charge < -0.3 is 10.4 Å². The van der Waals surface area contributed by atoms with E-state index in [1.54, 1.807) is 13.0 Å². The largest absolute Gasteiger partial charge is 0.481 e. The van der Waals surface area contributed by atoms with E-state index in [2.05, 4.69) is 10.6 Å². The normalized spacial score (nSPS) is 11.6. The minimum Gasteiger partial charge on any atom is -0.481 e. The fourth-order valence-corrected chi connectivity index (χ4v) is 1.95. The Morgan fingerprint density at radius 2 is 1.90 bits per heavy atom. The highest BCUT2D eigenvalue weighted by molar-refractivity contribution is 6.35. The fraction of sp³-hybridized carbons (Fsp3) is 0.308. The minimum atomic E-state index is -0.995. The van der Waals surface area contributed by atoms with E-state index in [4.69, 9.17) is 28.3 Å². The molecule has 0 bridgehead atoms. The first-order valence-electron chi connectivity index (χ1n) is 6.05. The number of aliphatic carboxylic acids is 1. The van der Waals surface area contributed by atoms with Gasteiger partial charge in [-0.2, -0.15) is 0 Å². The summed E-state index contributed by atoms with van der Waals surface area (Å²) < 4.78 is 0. The van der Waals surface area contributed by atoms with Crippen LogP contribution < -0.4 is 10.6 Å². The van der Waals surface area contributed by atoms with Crippen molar-refractivity contribution in [2.24, 2.45) is 5.92 Å². The molecule has 0 aliphatic rings. The number of carbonyl (C=O) groups is 3. The number of halogens is 2. The maximum absolute atomic E-state index is 11.6. The Balaban J connectivity index is 2.51. The zero-order valence-corrected chi connectivity index (χ0v) is 12.7.